The Morgan fingerprint density at radius 1 is 1.17 bits per heavy atom. The quantitative estimate of drug-likeness (QED) is 0.784. The SMILES string of the molecule is CCc1ccc(S(=O)(=O)N(Cc2cccs2)C2CCOCC2)cc1. The lowest BCUT2D eigenvalue weighted by atomic mass is 10.1. The molecular weight excluding hydrogens is 342 g/mol. The van der Waals surface area contributed by atoms with Gasteiger partial charge >= 0.3 is 0 Å². The van der Waals surface area contributed by atoms with E-state index in [1.165, 1.54) is 0 Å². The fraction of sp³-hybridized carbons (Fsp3) is 0.444. The van der Waals surface area contributed by atoms with Crippen LogP contribution in [0.3, 0.4) is 0 Å². The molecule has 0 atom stereocenters. The van der Waals surface area contributed by atoms with Crippen LogP contribution in [0.5, 0.6) is 0 Å². The van der Waals surface area contributed by atoms with Gasteiger partial charge in [0.1, 0.15) is 0 Å². The number of nitrogens with zero attached hydrogens (tertiary/aromatic N) is 1. The highest BCUT2D eigenvalue weighted by molar-refractivity contribution is 7.89. The van der Waals surface area contributed by atoms with E-state index in [0.717, 1.165) is 29.7 Å². The van der Waals surface area contributed by atoms with Crippen LogP contribution >= 0.6 is 11.3 Å². The molecule has 0 aliphatic carbocycles. The largest absolute Gasteiger partial charge is 0.381 e. The summed E-state index contributed by atoms with van der Waals surface area (Å²) < 4.78 is 33.6. The van der Waals surface area contributed by atoms with Gasteiger partial charge in [-0.2, -0.15) is 4.31 Å². The zero-order valence-electron chi connectivity index (χ0n) is 13.8. The van der Waals surface area contributed by atoms with Crippen LogP contribution in [0, 0.1) is 0 Å². The van der Waals surface area contributed by atoms with E-state index in [1.54, 1.807) is 27.8 Å². The highest BCUT2D eigenvalue weighted by atomic mass is 32.2. The van der Waals surface area contributed by atoms with Crippen molar-refractivity contribution in [3.63, 3.8) is 0 Å². The van der Waals surface area contributed by atoms with Crippen molar-refractivity contribution in [2.45, 2.75) is 43.7 Å². The van der Waals surface area contributed by atoms with E-state index in [0.29, 0.717) is 24.7 Å². The van der Waals surface area contributed by atoms with Crippen LogP contribution in [-0.2, 0) is 27.7 Å². The first-order chi connectivity index (χ1) is 11.6. The number of ether oxygens (including phenoxy) is 1. The Hall–Kier alpha value is -1.21. The van der Waals surface area contributed by atoms with E-state index < -0.39 is 10.0 Å². The Balaban J connectivity index is 1.92. The van der Waals surface area contributed by atoms with Gasteiger partial charge in [0.25, 0.3) is 0 Å². The Morgan fingerprint density at radius 3 is 2.46 bits per heavy atom. The maximum Gasteiger partial charge on any atom is 0.243 e. The van der Waals surface area contributed by atoms with Crippen LogP contribution in [0.2, 0.25) is 0 Å². The normalized spacial score (nSPS) is 16.6. The molecule has 1 aliphatic rings. The summed E-state index contributed by atoms with van der Waals surface area (Å²) in [6.07, 6.45) is 2.40. The first-order valence-corrected chi connectivity index (χ1v) is 10.6. The summed E-state index contributed by atoms with van der Waals surface area (Å²) in [6.45, 7) is 3.74. The first-order valence-electron chi connectivity index (χ1n) is 8.32. The van der Waals surface area contributed by atoms with E-state index in [9.17, 15) is 8.42 Å². The second-order valence-corrected chi connectivity index (χ2v) is 8.89. The third-order valence-electron chi connectivity index (χ3n) is 4.43. The molecule has 0 amide bonds. The van der Waals surface area contributed by atoms with Gasteiger partial charge in [-0.05, 0) is 48.4 Å². The number of hydrogen-bond acceptors (Lipinski definition) is 4. The minimum Gasteiger partial charge on any atom is -0.381 e. The maximum absolute atomic E-state index is 13.2. The lowest BCUT2D eigenvalue weighted by Crippen LogP contribution is -2.42. The number of aryl methyl sites for hydroxylation is 1. The summed E-state index contributed by atoms with van der Waals surface area (Å²) in [5.74, 6) is 0. The van der Waals surface area contributed by atoms with Gasteiger partial charge in [0.15, 0.2) is 0 Å². The molecule has 0 saturated carbocycles. The fourth-order valence-corrected chi connectivity index (χ4v) is 5.42. The van der Waals surface area contributed by atoms with E-state index in [1.807, 2.05) is 29.6 Å². The molecule has 4 nitrogen and oxygen atoms in total. The van der Waals surface area contributed by atoms with Crippen molar-refractivity contribution in [1.82, 2.24) is 4.31 Å². The van der Waals surface area contributed by atoms with Gasteiger partial charge in [-0.25, -0.2) is 8.42 Å². The molecule has 24 heavy (non-hydrogen) atoms. The Bertz CT molecular complexity index is 733. The second-order valence-electron chi connectivity index (χ2n) is 5.97. The average molecular weight is 366 g/mol. The highest BCUT2D eigenvalue weighted by Crippen LogP contribution is 2.27. The zero-order valence-corrected chi connectivity index (χ0v) is 15.5. The van der Waals surface area contributed by atoms with Crippen molar-refractivity contribution in [3.05, 3.63) is 52.2 Å². The fourth-order valence-electron chi connectivity index (χ4n) is 2.97. The van der Waals surface area contributed by atoms with Crippen LogP contribution in [0.1, 0.15) is 30.2 Å². The van der Waals surface area contributed by atoms with Crippen molar-refractivity contribution in [2.24, 2.45) is 0 Å². The monoisotopic (exact) mass is 365 g/mol. The molecular formula is C18H23NO3S2. The lowest BCUT2D eigenvalue weighted by molar-refractivity contribution is 0.0571. The van der Waals surface area contributed by atoms with Crippen molar-refractivity contribution in [1.29, 1.82) is 0 Å². The minimum absolute atomic E-state index is 0.00305. The Labute approximate surface area is 148 Å². The van der Waals surface area contributed by atoms with Crippen molar-refractivity contribution in [2.75, 3.05) is 13.2 Å². The van der Waals surface area contributed by atoms with Gasteiger partial charge in [-0.3, -0.25) is 0 Å². The number of sulfonamides is 1. The molecule has 0 bridgehead atoms. The molecule has 1 fully saturated rings. The molecule has 1 saturated heterocycles. The molecule has 0 unspecified atom stereocenters. The smallest absolute Gasteiger partial charge is 0.243 e. The summed E-state index contributed by atoms with van der Waals surface area (Å²) in [5, 5.41) is 1.99. The highest BCUT2D eigenvalue weighted by Gasteiger charge is 2.32. The molecule has 0 radical (unpaired) electrons. The van der Waals surface area contributed by atoms with Crippen LogP contribution in [0.4, 0.5) is 0 Å². The van der Waals surface area contributed by atoms with Gasteiger partial charge in [0.05, 0.1) is 4.90 Å². The van der Waals surface area contributed by atoms with Crippen molar-refractivity contribution < 1.29 is 13.2 Å². The molecule has 0 N–H and O–H groups in total. The summed E-state index contributed by atoms with van der Waals surface area (Å²) in [4.78, 5) is 1.44. The summed E-state index contributed by atoms with van der Waals surface area (Å²) in [6, 6.07) is 11.2. The summed E-state index contributed by atoms with van der Waals surface area (Å²) in [5.41, 5.74) is 1.14. The number of thiophene rings is 1. The molecule has 6 heteroatoms. The van der Waals surface area contributed by atoms with Crippen LogP contribution in [-0.4, -0.2) is 32.0 Å². The summed E-state index contributed by atoms with van der Waals surface area (Å²) in [7, 11) is -3.52. The number of benzene rings is 1. The van der Waals surface area contributed by atoms with Crippen molar-refractivity contribution >= 4 is 21.4 Å². The lowest BCUT2D eigenvalue weighted by Gasteiger charge is -2.33. The average Bonchev–Trinajstić information content (AvgIpc) is 3.13. The predicted molar refractivity (Wildman–Crippen MR) is 96.7 cm³/mol. The van der Waals surface area contributed by atoms with Gasteiger partial charge in [0, 0.05) is 30.7 Å². The predicted octanol–water partition coefficient (Wildman–Crippen LogP) is 3.68. The number of hydrogen-bond donors (Lipinski definition) is 0. The van der Waals surface area contributed by atoms with Crippen LogP contribution in [0.15, 0.2) is 46.7 Å². The second kappa shape index (κ2) is 7.78. The van der Waals surface area contributed by atoms with E-state index in [2.05, 4.69) is 6.92 Å². The van der Waals surface area contributed by atoms with Gasteiger partial charge in [-0.15, -0.1) is 11.3 Å². The Kier molecular flexibility index (Phi) is 5.71. The van der Waals surface area contributed by atoms with E-state index >= 15 is 0 Å². The van der Waals surface area contributed by atoms with Gasteiger partial charge in [0.2, 0.25) is 10.0 Å². The van der Waals surface area contributed by atoms with Crippen molar-refractivity contribution in [3.8, 4) is 0 Å². The maximum atomic E-state index is 13.2. The third kappa shape index (κ3) is 3.88. The molecule has 2 aromatic rings. The van der Waals surface area contributed by atoms with E-state index in [4.69, 9.17) is 4.74 Å². The Morgan fingerprint density at radius 2 is 1.88 bits per heavy atom. The summed E-state index contributed by atoms with van der Waals surface area (Å²) >= 11 is 1.60. The topological polar surface area (TPSA) is 46.6 Å². The van der Waals surface area contributed by atoms with Crippen LogP contribution < -0.4 is 0 Å². The zero-order chi connectivity index (χ0) is 17.0. The third-order valence-corrected chi connectivity index (χ3v) is 7.20. The molecule has 1 aromatic carbocycles. The van der Waals surface area contributed by atoms with Gasteiger partial charge in [-0.1, -0.05) is 25.1 Å². The van der Waals surface area contributed by atoms with Crippen LogP contribution in [0.25, 0.3) is 0 Å². The minimum atomic E-state index is -3.52. The first kappa shape index (κ1) is 17.6. The molecule has 2 heterocycles. The van der Waals surface area contributed by atoms with E-state index in [-0.39, 0.29) is 6.04 Å². The molecule has 1 aromatic heterocycles. The molecule has 0 spiro atoms. The molecule has 1 aliphatic heterocycles. The molecule has 130 valence electrons. The number of rotatable bonds is 6. The molecule has 3 rings (SSSR count). The standard InChI is InChI=1S/C18H23NO3S2/c1-2-15-5-7-18(8-6-15)24(20,21)19(14-17-4-3-13-23-17)16-9-11-22-12-10-16/h3-8,13,16H,2,9-12,14H2,1H3. The van der Waals surface area contributed by atoms with Gasteiger partial charge < -0.3 is 4.74 Å².